The highest BCUT2D eigenvalue weighted by atomic mass is 79.9. The molecule has 0 saturated heterocycles. The van der Waals surface area contributed by atoms with Crippen molar-refractivity contribution in [1.82, 2.24) is 9.55 Å². The molecule has 0 aliphatic heterocycles. The van der Waals surface area contributed by atoms with Crippen LogP contribution in [-0.2, 0) is 7.05 Å². The van der Waals surface area contributed by atoms with Crippen LogP contribution in [0.15, 0.2) is 39.9 Å². The van der Waals surface area contributed by atoms with Crippen molar-refractivity contribution in [1.29, 1.82) is 0 Å². The maximum absolute atomic E-state index is 11.7. The molecule has 0 atom stereocenters. The smallest absolute Gasteiger partial charge is 0.313 e. The minimum atomic E-state index is -0.316. The fourth-order valence-corrected chi connectivity index (χ4v) is 1.70. The molecule has 0 radical (unpaired) electrons. The molecule has 1 aromatic carbocycles. The Morgan fingerprint density at radius 3 is 3.00 bits per heavy atom. The molecule has 1 heterocycles. The van der Waals surface area contributed by atoms with Crippen LogP contribution < -0.4 is 10.3 Å². The molecule has 2 rings (SSSR count). The fourth-order valence-electron chi connectivity index (χ4n) is 1.20. The number of hydrogen-bond donors (Lipinski definition) is 0. The third-order valence-corrected chi connectivity index (χ3v) is 2.89. The number of ether oxygens (including phenoxy) is 1. The zero-order valence-corrected chi connectivity index (χ0v) is 11.2. The normalized spacial score (nSPS) is 10.3. The predicted octanol–water partition coefficient (Wildman–Crippen LogP) is 2.99. The van der Waals surface area contributed by atoms with Gasteiger partial charge in [0, 0.05) is 23.9 Å². The van der Waals surface area contributed by atoms with E-state index >= 15 is 0 Å². The highest BCUT2D eigenvalue weighted by Crippen LogP contribution is 2.30. The highest BCUT2D eigenvalue weighted by Gasteiger charge is 2.08. The average Bonchev–Trinajstić information content (AvgIpc) is 2.30. The van der Waals surface area contributed by atoms with Gasteiger partial charge in [0.2, 0.25) is 0 Å². The summed E-state index contributed by atoms with van der Waals surface area (Å²) in [5.41, 5.74) is -0.316. The van der Waals surface area contributed by atoms with Gasteiger partial charge in [-0.3, -0.25) is 4.79 Å². The first kappa shape index (κ1) is 12.1. The largest absolute Gasteiger partial charge is 0.433 e. The molecule has 17 heavy (non-hydrogen) atoms. The van der Waals surface area contributed by atoms with E-state index < -0.39 is 0 Å². The van der Waals surface area contributed by atoms with Crippen LogP contribution in [-0.4, -0.2) is 9.55 Å². The summed E-state index contributed by atoms with van der Waals surface area (Å²) in [6.45, 7) is 0. The van der Waals surface area contributed by atoms with E-state index in [0.717, 1.165) is 4.47 Å². The molecule has 0 amide bonds. The summed E-state index contributed by atoms with van der Waals surface area (Å²) >= 11 is 9.26. The van der Waals surface area contributed by atoms with Crippen molar-refractivity contribution < 1.29 is 4.74 Å². The lowest BCUT2D eigenvalue weighted by molar-refractivity contribution is 0.448. The maximum atomic E-state index is 11.7. The van der Waals surface area contributed by atoms with Crippen molar-refractivity contribution in [3.8, 4) is 11.6 Å². The maximum Gasteiger partial charge on any atom is 0.313 e. The van der Waals surface area contributed by atoms with Gasteiger partial charge in [0.1, 0.15) is 5.75 Å². The molecule has 0 unspecified atom stereocenters. The Bertz CT molecular complexity index is 613. The molecule has 0 aliphatic carbocycles. The third kappa shape index (κ3) is 2.68. The lowest BCUT2D eigenvalue weighted by atomic mass is 10.3. The zero-order valence-electron chi connectivity index (χ0n) is 8.85. The van der Waals surface area contributed by atoms with Gasteiger partial charge in [0.15, 0.2) is 0 Å². The molecule has 88 valence electrons. The van der Waals surface area contributed by atoms with Crippen molar-refractivity contribution >= 4 is 27.5 Å². The van der Waals surface area contributed by atoms with Crippen LogP contribution in [0.4, 0.5) is 0 Å². The first-order valence-corrected chi connectivity index (χ1v) is 5.89. The van der Waals surface area contributed by atoms with Crippen LogP contribution in [0.2, 0.25) is 5.02 Å². The van der Waals surface area contributed by atoms with Gasteiger partial charge in [-0.25, -0.2) is 4.98 Å². The van der Waals surface area contributed by atoms with E-state index in [1.807, 2.05) is 0 Å². The van der Waals surface area contributed by atoms with Crippen molar-refractivity contribution in [2.24, 2.45) is 7.05 Å². The molecule has 0 spiro atoms. The van der Waals surface area contributed by atoms with Crippen molar-refractivity contribution in [2.75, 3.05) is 0 Å². The quantitative estimate of drug-likeness (QED) is 0.856. The number of benzene rings is 1. The third-order valence-electron chi connectivity index (χ3n) is 2.09. The van der Waals surface area contributed by atoms with Gasteiger partial charge in [-0.05, 0) is 18.2 Å². The number of halogens is 2. The van der Waals surface area contributed by atoms with Crippen molar-refractivity contribution in [2.45, 2.75) is 0 Å². The Balaban J connectivity index is 2.41. The molecule has 0 fully saturated rings. The molecule has 6 heteroatoms. The molecule has 1 aromatic heterocycles. The van der Waals surface area contributed by atoms with Crippen LogP contribution in [0, 0.1) is 0 Å². The van der Waals surface area contributed by atoms with Gasteiger partial charge in [-0.2, -0.15) is 0 Å². The Kier molecular flexibility index (Phi) is 3.49. The second-order valence-electron chi connectivity index (χ2n) is 3.33. The molecule has 0 aliphatic rings. The predicted molar refractivity (Wildman–Crippen MR) is 68.7 cm³/mol. The minimum Gasteiger partial charge on any atom is -0.433 e. The standard InChI is InChI=1S/C11H8BrClN2O2/c1-15-5-4-14-10(11(15)16)17-9-6-7(12)2-3-8(9)13/h2-6H,1H3. The van der Waals surface area contributed by atoms with Gasteiger partial charge < -0.3 is 9.30 Å². The van der Waals surface area contributed by atoms with E-state index in [0.29, 0.717) is 10.8 Å². The summed E-state index contributed by atoms with van der Waals surface area (Å²) in [5, 5.41) is 0.418. The summed E-state index contributed by atoms with van der Waals surface area (Å²) in [6, 6.07) is 5.14. The van der Waals surface area contributed by atoms with Crippen LogP contribution >= 0.6 is 27.5 Å². The first-order chi connectivity index (χ1) is 8.08. The van der Waals surface area contributed by atoms with E-state index in [4.69, 9.17) is 16.3 Å². The van der Waals surface area contributed by atoms with Gasteiger partial charge in [0.25, 0.3) is 5.88 Å². The van der Waals surface area contributed by atoms with Crippen LogP contribution in [0.25, 0.3) is 0 Å². The summed E-state index contributed by atoms with van der Waals surface area (Å²) in [4.78, 5) is 15.6. The first-order valence-electron chi connectivity index (χ1n) is 4.72. The molecular formula is C11H8BrClN2O2. The topological polar surface area (TPSA) is 44.1 Å². The minimum absolute atomic E-state index is 0.00463. The van der Waals surface area contributed by atoms with Gasteiger partial charge in [-0.15, -0.1) is 0 Å². The molecular weight excluding hydrogens is 307 g/mol. The Morgan fingerprint density at radius 1 is 1.47 bits per heavy atom. The Morgan fingerprint density at radius 2 is 2.24 bits per heavy atom. The van der Waals surface area contributed by atoms with Gasteiger partial charge in [0.05, 0.1) is 5.02 Å². The van der Waals surface area contributed by atoms with Crippen LogP contribution in [0.5, 0.6) is 11.6 Å². The zero-order chi connectivity index (χ0) is 12.4. The SMILES string of the molecule is Cn1ccnc(Oc2cc(Br)ccc2Cl)c1=O. The lowest BCUT2D eigenvalue weighted by Gasteiger charge is -2.07. The summed E-state index contributed by atoms with van der Waals surface area (Å²) < 4.78 is 7.59. The second kappa shape index (κ2) is 4.89. The van der Waals surface area contributed by atoms with E-state index in [-0.39, 0.29) is 11.4 Å². The number of aromatic nitrogens is 2. The van der Waals surface area contributed by atoms with Crippen molar-refractivity contribution in [3.63, 3.8) is 0 Å². The van der Waals surface area contributed by atoms with Crippen LogP contribution in [0.3, 0.4) is 0 Å². The average molecular weight is 316 g/mol. The lowest BCUT2D eigenvalue weighted by Crippen LogP contribution is -2.18. The van der Waals surface area contributed by atoms with E-state index in [9.17, 15) is 4.79 Å². The van der Waals surface area contributed by atoms with Crippen molar-refractivity contribution in [3.05, 3.63) is 50.4 Å². The number of aryl methyl sites for hydroxylation is 1. The molecule has 0 bridgehead atoms. The van der Waals surface area contributed by atoms with Gasteiger partial charge >= 0.3 is 5.56 Å². The molecule has 0 N–H and O–H groups in total. The number of hydrogen-bond acceptors (Lipinski definition) is 3. The second-order valence-corrected chi connectivity index (χ2v) is 4.65. The molecule has 0 saturated carbocycles. The van der Waals surface area contributed by atoms with Gasteiger partial charge in [-0.1, -0.05) is 27.5 Å². The fraction of sp³-hybridized carbons (Fsp3) is 0.0909. The molecule has 2 aromatic rings. The Hall–Kier alpha value is -1.33. The molecule has 4 nitrogen and oxygen atoms in total. The van der Waals surface area contributed by atoms with Crippen LogP contribution in [0.1, 0.15) is 0 Å². The Labute approximate surface area is 111 Å². The number of rotatable bonds is 2. The van der Waals surface area contributed by atoms with E-state index in [1.165, 1.54) is 10.8 Å². The summed E-state index contributed by atoms with van der Waals surface area (Å²) in [7, 11) is 1.62. The van der Waals surface area contributed by atoms with E-state index in [1.54, 1.807) is 31.4 Å². The monoisotopic (exact) mass is 314 g/mol. The summed E-state index contributed by atoms with van der Waals surface area (Å²) in [6.07, 6.45) is 3.04. The number of nitrogens with zero attached hydrogens (tertiary/aromatic N) is 2. The summed E-state index contributed by atoms with van der Waals surface area (Å²) in [5.74, 6) is 0.381. The van der Waals surface area contributed by atoms with E-state index in [2.05, 4.69) is 20.9 Å². The highest BCUT2D eigenvalue weighted by molar-refractivity contribution is 9.10.